The number of rotatable bonds is 1. The number of carboxylic acids is 1. The molecule has 2 rings (SSSR count). The van der Waals surface area contributed by atoms with Gasteiger partial charge in [0, 0.05) is 24.4 Å². The standard InChI is InChI=1S/C11H8O2.Sb/c12-11(13)10-7-3-5-8-4-1-2-6-9(8)10;/h1-7H,(H,12,13);. The maximum absolute atomic E-state index is 10.8. The number of carbonyl (C=O) groups is 1. The van der Waals surface area contributed by atoms with Crippen LogP contribution in [0.25, 0.3) is 10.8 Å². The minimum Gasteiger partial charge on any atom is -0.478 e. The van der Waals surface area contributed by atoms with Crippen molar-refractivity contribution in [1.29, 1.82) is 0 Å². The van der Waals surface area contributed by atoms with E-state index in [1.165, 1.54) is 0 Å². The Hall–Kier alpha value is -1.01. The van der Waals surface area contributed by atoms with E-state index in [1.54, 1.807) is 12.1 Å². The summed E-state index contributed by atoms with van der Waals surface area (Å²) in [5.41, 5.74) is 0.359. The van der Waals surface area contributed by atoms with Gasteiger partial charge in [-0.1, -0.05) is 36.4 Å². The summed E-state index contributed by atoms with van der Waals surface area (Å²) in [6.45, 7) is 0. The normalized spacial score (nSPS) is 9.43. The first-order chi connectivity index (χ1) is 6.29. The van der Waals surface area contributed by atoms with Crippen molar-refractivity contribution in [2.75, 3.05) is 0 Å². The fourth-order valence-corrected chi connectivity index (χ4v) is 1.41. The Morgan fingerprint density at radius 3 is 2.36 bits per heavy atom. The van der Waals surface area contributed by atoms with E-state index in [4.69, 9.17) is 5.11 Å². The molecular formula is C11H8O2Sb. The van der Waals surface area contributed by atoms with Gasteiger partial charge >= 0.3 is 5.97 Å². The van der Waals surface area contributed by atoms with Crippen molar-refractivity contribution in [2.24, 2.45) is 0 Å². The molecule has 2 aromatic carbocycles. The maximum atomic E-state index is 10.8. The third-order valence-electron chi connectivity index (χ3n) is 2.02. The van der Waals surface area contributed by atoms with Crippen LogP contribution in [-0.2, 0) is 0 Å². The molecule has 0 saturated carbocycles. The van der Waals surface area contributed by atoms with Gasteiger partial charge in [0.2, 0.25) is 0 Å². The van der Waals surface area contributed by atoms with Gasteiger partial charge in [-0.3, -0.25) is 0 Å². The van der Waals surface area contributed by atoms with Crippen molar-refractivity contribution in [2.45, 2.75) is 0 Å². The average Bonchev–Trinajstić information content (AvgIpc) is 2.17. The monoisotopic (exact) mass is 293 g/mol. The number of aromatic carboxylic acids is 1. The van der Waals surface area contributed by atoms with Crippen LogP contribution in [0.1, 0.15) is 10.4 Å². The summed E-state index contributed by atoms with van der Waals surface area (Å²) in [6, 6.07) is 12.7. The summed E-state index contributed by atoms with van der Waals surface area (Å²) in [6.07, 6.45) is 0. The molecular weight excluding hydrogens is 286 g/mol. The molecule has 2 aromatic rings. The third kappa shape index (κ3) is 1.91. The first kappa shape index (κ1) is 11.1. The van der Waals surface area contributed by atoms with Gasteiger partial charge in [0.1, 0.15) is 0 Å². The van der Waals surface area contributed by atoms with Gasteiger partial charge in [-0.25, -0.2) is 4.79 Å². The van der Waals surface area contributed by atoms with Crippen molar-refractivity contribution in [3.8, 4) is 0 Å². The van der Waals surface area contributed by atoms with E-state index in [9.17, 15) is 4.79 Å². The maximum Gasteiger partial charge on any atom is 0.336 e. The second-order valence-electron chi connectivity index (χ2n) is 2.83. The van der Waals surface area contributed by atoms with Crippen LogP contribution in [-0.4, -0.2) is 35.5 Å². The van der Waals surface area contributed by atoms with Gasteiger partial charge in [-0.05, 0) is 16.8 Å². The summed E-state index contributed by atoms with van der Waals surface area (Å²) >= 11 is 0. The second kappa shape index (κ2) is 4.47. The predicted molar refractivity (Wildman–Crippen MR) is 56.7 cm³/mol. The molecule has 0 atom stereocenters. The fraction of sp³-hybridized carbons (Fsp3) is 0. The molecule has 69 valence electrons. The van der Waals surface area contributed by atoms with Gasteiger partial charge in [-0.15, -0.1) is 0 Å². The molecule has 0 unspecified atom stereocenters. The Bertz CT molecular complexity index is 460. The summed E-state index contributed by atoms with van der Waals surface area (Å²) in [5, 5.41) is 10.6. The average molecular weight is 294 g/mol. The zero-order chi connectivity index (χ0) is 9.26. The molecule has 3 radical (unpaired) electrons. The summed E-state index contributed by atoms with van der Waals surface area (Å²) < 4.78 is 0. The molecule has 0 spiro atoms. The van der Waals surface area contributed by atoms with Crippen LogP contribution in [0.3, 0.4) is 0 Å². The van der Waals surface area contributed by atoms with Crippen LogP contribution < -0.4 is 0 Å². The van der Waals surface area contributed by atoms with Crippen LogP contribution in [0.15, 0.2) is 42.5 Å². The van der Waals surface area contributed by atoms with Gasteiger partial charge in [0.05, 0.1) is 5.56 Å². The van der Waals surface area contributed by atoms with Gasteiger partial charge < -0.3 is 5.11 Å². The number of hydrogen-bond donors (Lipinski definition) is 1. The molecule has 1 N–H and O–H groups in total. The van der Waals surface area contributed by atoms with E-state index in [1.807, 2.05) is 30.3 Å². The minimum atomic E-state index is -0.878. The van der Waals surface area contributed by atoms with Gasteiger partial charge in [0.15, 0.2) is 0 Å². The second-order valence-corrected chi connectivity index (χ2v) is 2.83. The van der Waals surface area contributed by atoms with Gasteiger partial charge in [-0.2, -0.15) is 0 Å². The molecule has 0 saturated heterocycles. The van der Waals surface area contributed by atoms with E-state index in [0.29, 0.717) is 5.56 Å². The van der Waals surface area contributed by atoms with Crippen LogP contribution in [0.2, 0.25) is 0 Å². The molecule has 0 fully saturated rings. The Labute approximate surface area is 99.0 Å². The van der Waals surface area contributed by atoms with Crippen molar-refractivity contribution in [1.82, 2.24) is 0 Å². The zero-order valence-electron chi connectivity index (χ0n) is 7.34. The molecule has 3 heteroatoms. The Morgan fingerprint density at radius 1 is 1.00 bits per heavy atom. The number of benzene rings is 2. The molecule has 0 aliphatic carbocycles. The van der Waals surface area contributed by atoms with Crippen LogP contribution >= 0.6 is 0 Å². The molecule has 14 heavy (non-hydrogen) atoms. The Kier molecular flexibility index (Phi) is 3.54. The fourth-order valence-electron chi connectivity index (χ4n) is 1.41. The molecule has 0 aliphatic rings. The first-order valence-electron chi connectivity index (χ1n) is 4.00. The quantitative estimate of drug-likeness (QED) is 0.818. The van der Waals surface area contributed by atoms with Crippen LogP contribution in [0.5, 0.6) is 0 Å². The molecule has 0 bridgehead atoms. The van der Waals surface area contributed by atoms with Crippen molar-refractivity contribution >= 4 is 41.2 Å². The number of hydrogen-bond acceptors (Lipinski definition) is 1. The van der Waals surface area contributed by atoms with Crippen LogP contribution in [0, 0.1) is 0 Å². The van der Waals surface area contributed by atoms with Crippen molar-refractivity contribution < 1.29 is 9.90 Å². The summed E-state index contributed by atoms with van der Waals surface area (Å²) in [5.74, 6) is -0.878. The Balaban J connectivity index is 0.000000980. The van der Waals surface area contributed by atoms with E-state index >= 15 is 0 Å². The first-order valence-corrected chi connectivity index (χ1v) is 4.00. The van der Waals surface area contributed by atoms with E-state index < -0.39 is 5.97 Å². The van der Waals surface area contributed by atoms with E-state index in [0.717, 1.165) is 10.8 Å². The molecule has 0 aromatic heterocycles. The zero-order valence-corrected chi connectivity index (χ0v) is 9.90. The van der Waals surface area contributed by atoms with E-state index in [-0.39, 0.29) is 24.4 Å². The molecule has 2 nitrogen and oxygen atoms in total. The third-order valence-corrected chi connectivity index (χ3v) is 2.02. The topological polar surface area (TPSA) is 37.3 Å². The molecule has 0 heterocycles. The minimum absolute atomic E-state index is 0. The summed E-state index contributed by atoms with van der Waals surface area (Å²) in [7, 11) is 0. The van der Waals surface area contributed by atoms with Crippen molar-refractivity contribution in [3.63, 3.8) is 0 Å². The van der Waals surface area contributed by atoms with E-state index in [2.05, 4.69) is 0 Å². The Morgan fingerprint density at radius 2 is 1.64 bits per heavy atom. The largest absolute Gasteiger partial charge is 0.478 e. The predicted octanol–water partition coefficient (Wildman–Crippen LogP) is 2.16. The SMILES string of the molecule is O=C(O)c1cccc2ccccc12.[Sb]. The van der Waals surface area contributed by atoms with Gasteiger partial charge in [0.25, 0.3) is 0 Å². The smallest absolute Gasteiger partial charge is 0.336 e. The number of carboxylic acid groups (broad SMARTS) is 1. The summed E-state index contributed by atoms with van der Waals surface area (Å²) in [4.78, 5) is 10.8. The molecule has 0 aliphatic heterocycles. The van der Waals surface area contributed by atoms with Crippen molar-refractivity contribution in [3.05, 3.63) is 48.0 Å². The number of fused-ring (bicyclic) bond motifs is 1. The van der Waals surface area contributed by atoms with Crippen LogP contribution in [0.4, 0.5) is 0 Å². The molecule has 0 amide bonds.